The summed E-state index contributed by atoms with van der Waals surface area (Å²) < 4.78 is 0. The minimum atomic E-state index is 0.720. The highest BCUT2D eigenvalue weighted by Gasteiger charge is 2.08. The van der Waals surface area contributed by atoms with Gasteiger partial charge in [0.2, 0.25) is 0 Å². The van der Waals surface area contributed by atoms with Crippen molar-refractivity contribution in [1.82, 2.24) is 0 Å². The van der Waals surface area contributed by atoms with Gasteiger partial charge in [-0.05, 0) is 31.8 Å². The Labute approximate surface area is 69.3 Å². The first kappa shape index (κ1) is 8.32. The van der Waals surface area contributed by atoms with Crippen molar-refractivity contribution in [3.05, 3.63) is 35.5 Å². The van der Waals surface area contributed by atoms with Crippen LogP contribution in [0.5, 0.6) is 0 Å². The molecule has 1 unspecified atom stereocenters. The summed E-state index contributed by atoms with van der Waals surface area (Å²) in [6, 6.07) is 0. The number of allylic oxidation sites excluding steroid dienone is 5. The number of hydrogen-bond donors (Lipinski definition) is 0. The SMILES string of the molecule is C=C(C)C1=CCC(C)C(C)=C1. The van der Waals surface area contributed by atoms with Crippen LogP contribution in [0.3, 0.4) is 0 Å². The molecule has 11 heavy (non-hydrogen) atoms. The highest BCUT2D eigenvalue weighted by atomic mass is 14.1. The molecule has 0 fully saturated rings. The standard InChI is InChI=1S/C11H16/c1-8(2)11-6-5-9(3)10(4)7-11/h6-7,9H,1,5H2,2-4H3. The first-order valence-corrected chi connectivity index (χ1v) is 4.15. The summed E-state index contributed by atoms with van der Waals surface area (Å²) in [5, 5.41) is 0. The smallest absolute Gasteiger partial charge is 0.0196 e. The predicted molar refractivity (Wildman–Crippen MR) is 50.4 cm³/mol. The Kier molecular flexibility index (Phi) is 2.33. The van der Waals surface area contributed by atoms with Crippen molar-refractivity contribution in [2.75, 3.05) is 0 Å². The van der Waals surface area contributed by atoms with Crippen molar-refractivity contribution in [3.63, 3.8) is 0 Å². The lowest BCUT2D eigenvalue weighted by atomic mass is 9.89. The van der Waals surface area contributed by atoms with Crippen molar-refractivity contribution in [2.45, 2.75) is 27.2 Å². The lowest BCUT2D eigenvalue weighted by Crippen LogP contribution is -2.01. The molecule has 0 heteroatoms. The Hall–Kier alpha value is -0.780. The summed E-state index contributed by atoms with van der Waals surface area (Å²) in [7, 11) is 0. The lowest BCUT2D eigenvalue weighted by Gasteiger charge is -2.17. The van der Waals surface area contributed by atoms with Crippen molar-refractivity contribution >= 4 is 0 Å². The van der Waals surface area contributed by atoms with Gasteiger partial charge in [0, 0.05) is 0 Å². The number of hydrogen-bond acceptors (Lipinski definition) is 0. The first-order chi connectivity index (χ1) is 5.11. The molecule has 0 aromatic rings. The van der Waals surface area contributed by atoms with Crippen molar-refractivity contribution < 1.29 is 0 Å². The average Bonchev–Trinajstić information content (AvgIpc) is 1.94. The van der Waals surface area contributed by atoms with Gasteiger partial charge in [0.05, 0.1) is 0 Å². The molecule has 0 amide bonds. The zero-order valence-corrected chi connectivity index (χ0v) is 7.65. The molecule has 0 heterocycles. The zero-order chi connectivity index (χ0) is 8.43. The van der Waals surface area contributed by atoms with Gasteiger partial charge >= 0.3 is 0 Å². The van der Waals surface area contributed by atoms with Gasteiger partial charge < -0.3 is 0 Å². The van der Waals surface area contributed by atoms with E-state index in [0.29, 0.717) is 0 Å². The molecule has 1 aliphatic carbocycles. The summed E-state index contributed by atoms with van der Waals surface area (Å²) in [5.74, 6) is 0.720. The second-order valence-electron chi connectivity index (χ2n) is 3.46. The van der Waals surface area contributed by atoms with Crippen LogP contribution in [-0.2, 0) is 0 Å². The molecule has 0 radical (unpaired) electrons. The largest absolute Gasteiger partial charge is 0.0955 e. The predicted octanol–water partition coefficient (Wildman–Crippen LogP) is 3.48. The molecule has 1 aliphatic rings. The Morgan fingerprint density at radius 2 is 2.27 bits per heavy atom. The van der Waals surface area contributed by atoms with Crippen LogP contribution in [0.2, 0.25) is 0 Å². The molecule has 1 rings (SSSR count). The van der Waals surface area contributed by atoms with Crippen LogP contribution in [0.1, 0.15) is 27.2 Å². The third-order valence-electron chi connectivity index (χ3n) is 2.34. The lowest BCUT2D eigenvalue weighted by molar-refractivity contribution is 0.682. The maximum absolute atomic E-state index is 3.93. The summed E-state index contributed by atoms with van der Waals surface area (Å²) >= 11 is 0. The molecular formula is C11H16. The highest BCUT2D eigenvalue weighted by Crippen LogP contribution is 2.25. The summed E-state index contributed by atoms with van der Waals surface area (Å²) in [4.78, 5) is 0. The summed E-state index contributed by atoms with van der Waals surface area (Å²) in [6.45, 7) is 10.4. The zero-order valence-electron chi connectivity index (χ0n) is 7.65. The molecule has 0 aromatic carbocycles. The van der Waals surface area contributed by atoms with Crippen LogP contribution < -0.4 is 0 Å². The maximum atomic E-state index is 3.93. The Balaban J connectivity index is 2.83. The molecule has 0 saturated carbocycles. The maximum Gasteiger partial charge on any atom is -0.0196 e. The van der Waals surface area contributed by atoms with Crippen LogP contribution in [0, 0.1) is 5.92 Å². The molecular weight excluding hydrogens is 132 g/mol. The van der Waals surface area contributed by atoms with Gasteiger partial charge in [-0.2, -0.15) is 0 Å². The van der Waals surface area contributed by atoms with Gasteiger partial charge in [-0.1, -0.05) is 36.8 Å². The van der Waals surface area contributed by atoms with Gasteiger partial charge in [0.25, 0.3) is 0 Å². The van der Waals surface area contributed by atoms with Crippen LogP contribution in [0.15, 0.2) is 35.5 Å². The van der Waals surface area contributed by atoms with Gasteiger partial charge in [-0.25, -0.2) is 0 Å². The van der Waals surface area contributed by atoms with Gasteiger partial charge in [-0.3, -0.25) is 0 Å². The van der Waals surface area contributed by atoms with E-state index in [1.54, 1.807) is 0 Å². The molecule has 0 bridgehead atoms. The molecule has 0 N–H and O–H groups in total. The van der Waals surface area contributed by atoms with E-state index in [-0.39, 0.29) is 0 Å². The normalized spacial score (nSPS) is 24.1. The van der Waals surface area contributed by atoms with E-state index < -0.39 is 0 Å². The molecule has 60 valence electrons. The third-order valence-corrected chi connectivity index (χ3v) is 2.34. The molecule has 0 aromatic heterocycles. The van der Waals surface area contributed by atoms with Crippen LogP contribution in [-0.4, -0.2) is 0 Å². The van der Waals surface area contributed by atoms with Crippen molar-refractivity contribution in [1.29, 1.82) is 0 Å². The fraction of sp³-hybridized carbons (Fsp3) is 0.455. The Morgan fingerprint density at radius 3 is 2.73 bits per heavy atom. The fourth-order valence-electron chi connectivity index (χ4n) is 1.23. The van der Waals surface area contributed by atoms with Crippen molar-refractivity contribution in [3.8, 4) is 0 Å². The first-order valence-electron chi connectivity index (χ1n) is 4.15. The van der Waals surface area contributed by atoms with E-state index in [0.717, 1.165) is 5.92 Å². The highest BCUT2D eigenvalue weighted by molar-refractivity contribution is 5.41. The van der Waals surface area contributed by atoms with Crippen molar-refractivity contribution in [2.24, 2.45) is 5.92 Å². The van der Waals surface area contributed by atoms with E-state index in [2.05, 4.69) is 39.5 Å². The monoisotopic (exact) mass is 148 g/mol. The second-order valence-corrected chi connectivity index (χ2v) is 3.46. The summed E-state index contributed by atoms with van der Waals surface area (Å²) in [6.07, 6.45) is 5.70. The average molecular weight is 148 g/mol. The van der Waals surface area contributed by atoms with E-state index in [9.17, 15) is 0 Å². The Morgan fingerprint density at radius 1 is 1.64 bits per heavy atom. The van der Waals surface area contributed by atoms with Gasteiger partial charge in [0.15, 0.2) is 0 Å². The molecule has 0 spiro atoms. The second kappa shape index (κ2) is 3.08. The molecule has 1 atom stereocenters. The van der Waals surface area contributed by atoms with E-state index in [1.807, 2.05) is 0 Å². The van der Waals surface area contributed by atoms with Crippen LogP contribution in [0.25, 0.3) is 0 Å². The quantitative estimate of drug-likeness (QED) is 0.534. The topological polar surface area (TPSA) is 0 Å². The molecule has 0 saturated heterocycles. The fourth-order valence-corrected chi connectivity index (χ4v) is 1.23. The molecule has 0 aliphatic heterocycles. The summed E-state index contributed by atoms with van der Waals surface area (Å²) in [5.41, 5.74) is 3.97. The van der Waals surface area contributed by atoms with Crippen LogP contribution >= 0.6 is 0 Å². The number of rotatable bonds is 1. The van der Waals surface area contributed by atoms with Gasteiger partial charge in [0.1, 0.15) is 0 Å². The van der Waals surface area contributed by atoms with E-state index >= 15 is 0 Å². The molecule has 0 nitrogen and oxygen atoms in total. The van der Waals surface area contributed by atoms with Gasteiger partial charge in [-0.15, -0.1) is 0 Å². The Bertz CT molecular complexity index is 228. The third kappa shape index (κ3) is 1.83. The van der Waals surface area contributed by atoms with Crippen LogP contribution in [0.4, 0.5) is 0 Å². The van der Waals surface area contributed by atoms with E-state index in [4.69, 9.17) is 0 Å². The minimum absolute atomic E-state index is 0.720. The minimum Gasteiger partial charge on any atom is -0.0955 e. The van der Waals surface area contributed by atoms with E-state index in [1.165, 1.54) is 23.1 Å².